The van der Waals surface area contributed by atoms with Gasteiger partial charge in [-0.3, -0.25) is 4.79 Å². The molecule has 4 nitrogen and oxygen atoms in total. The molecule has 0 saturated heterocycles. The standard InChI is InChI=1S/C15H29NO3/c1-5-7-12(2)11-19-13-8-6-9-15(10-13,16-3)14(17)18-4/h12-13,16H,5-11H2,1-4H3. The van der Waals surface area contributed by atoms with Crippen LogP contribution in [0.1, 0.15) is 52.4 Å². The average molecular weight is 271 g/mol. The third kappa shape index (κ3) is 4.46. The molecule has 0 spiro atoms. The van der Waals surface area contributed by atoms with Gasteiger partial charge in [0.15, 0.2) is 0 Å². The summed E-state index contributed by atoms with van der Waals surface area (Å²) in [4.78, 5) is 12.0. The van der Waals surface area contributed by atoms with Gasteiger partial charge in [-0.15, -0.1) is 0 Å². The molecule has 0 aromatic heterocycles. The molecule has 1 N–H and O–H groups in total. The first-order valence-corrected chi connectivity index (χ1v) is 7.47. The number of nitrogens with one attached hydrogen (secondary N) is 1. The van der Waals surface area contributed by atoms with Gasteiger partial charge < -0.3 is 14.8 Å². The van der Waals surface area contributed by atoms with Crippen LogP contribution in [0.5, 0.6) is 0 Å². The quantitative estimate of drug-likeness (QED) is 0.723. The Hall–Kier alpha value is -0.610. The van der Waals surface area contributed by atoms with E-state index in [0.717, 1.165) is 32.3 Å². The summed E-state index contributed by atoms with van der Waals surface area (Å²) in [6.07, 6.45) is 6.15. The Balaban J connectivity index is 2.51. The van der Waals surface area contributed by atoms with Crippen molar-refractivity contribution < 1.29 is 14.3 Å². The fourth-order valence-corrected chi connectivity index (χ4v) is 2.95. The molecule has 1 fully saturated rings. The minimum absolute atomic E-state index is 0.162. The monoisotopic (exact) mass is 271 g/mol. The van der Waals surface area contributed by atoms with Crippen LogP contribution in [-0.2, 0) is 14.3 Å². The maximum absolute atomic E-state index is 12.0. The number of rotatable bonds is 7. The Kier molecular flexibility index (Phi) is 6.80. The molecule has 1 rings (SSSR count). The number of carbonyl (C=O) groups is 1. The zero-order valence-electron chi connectivity index (χ0n) is 12.8. The van der Waals surface area contributed by atoms with E-state index in [9.17, 15) is 4.79 Å². The van der Waals surface area contributed by atoms with E-state index < -0.39 is 5.54 Å². The van der Waals surface area contributed by atoms with E-state index in [-0.39, 0.29) is 12.1 Å². The lowest BCUT2D eigenvalue weighted by Crippen LogP contribution is -2.55. The fraction of sp³-hybridized carbons (Fsp3) is 0.933. The van der Waals surface area contributed by atoms with Crippen LogP contribution in [0.2, 0.25) is 0 Å². The van der Waals surface area contributed by atoms with E-state index in [0.29, 0.717) is 5.92 Å². The summed E-state index contributed by atoms with van der Waals surface area (Å²) in [7, 11) is 3.29. The summed E-state index contributed by atoms with van der Waals surface area (Å²) in [5.74, 6) is 0.430. The van der Waals surface area contributed by atoms with Crippen LogP contribution in [0.25, 0.3) is 0 Å². The average Bonchev–Trinajstić information content (AvgIpc) is 2.44. The highest BCUT2D eigenvalue weighted by Crippen LogP contribution is 2.31. The number of carbonyl (C=O) groups excluding carboxylic acids is 1. The van der Waals surface area contributed by atoms with E-state index in [1.165, 1.54) is 20.0 Å². The van der Waals surface area contributed by atoms with Crippen LogP contribution in [0.3, 0.4) is 0 Å². The van der Waals surface area contributed by atoms with Gasteiger partial charge in [0.2, 0.25) is 0 Å². The van der Waals surface area contributed by atoms with Crippen LogP contribution in [-0.4, -0.2) is 38.4 Å². The Morgan fingerprint density at radius 2 is 2.26 bits per heavy atom. The van der Waals surface area contributed by atoms with E-state index >= 15 is 0 Å². The summed E-state index contributed by atoms with van der Waals surface area (Å²) < 4.78 is 10.9. The SMILES string of the molecule is CCCC(C)COC1CCCC(NC)(C(=O)OC)C1. The second-order valence-corrected chi connectivity index (χ2v) is 5.77. The van der Waals surface area contributed by atoms with Crippen molar-refractivity contribution in [1.29, 1.82) is 0 Å². The van der Waals surface area contributed by atoms with Gasteiger partial charge in [0.25, 0.3) is 0 Å². The molecule has 112 valence electrons. The van der Waals surface area contributed by atoms with Crippen molar-refractivity contribution in [2.45, 2.75) is 64.0 Å². The van der Waals surface area contributed by atoms with Gasteiger partial charge in [-0.25, -0.2) is 0 Å². The molecule has 0 aliphatic heterocycles. The van der Waals surface area contributed by atoms with Crippen LogP contribution in [0, 0.1) is 5.92 Å². The molecular formula is C15H29NO3. The van der Waals surface area contributed by atoms with Crippen molar-refractivity contribution in [2.24, 2.45) is 5.92 Å². The zero-order chi connectivity index (χ0) is 14.3. The first-order chi connectivity index (χ1) is 9.07. The second-order valence-electron chi connectivity index (χ2n) is 5.77. The van der Waals surface area contributed by atoms with Gasteiger partial charge in [-0.2, -0.15) is 0 Å². The molecule has 1 saturated carbocycles. The second kappa shape index (κ2) is 7.85. The Bertz CT molecular complexity index is 283. The van der Waals surface area contributed by atoms with E-state index in [1.54, 1.807) is 0 Å². The molecule has 0 heterocycles. The van der Waals surface area contributed by atoms with Crippen LogP contribution in [0.4, 0.5) is 0 Å². The Labute approximate surface area is 117 Å². The topological polar surface area (TPSA) is 47.6 Å². The summed E-state index contributed by atoms with van der Waals surface area (Å²) in [5.41, 5.74) is -0.550. The molecular weight excluding hydrogens is 242 g/mol. The number of methoxy groups -OCH3 is 1. The summed E-state index contributed by atoms with van der Waals surface area (Å²) in [6.45, 7) is 5.21. The van der Waals surface area contributed by atoms with Crippen molar-refractivity contribution in [3.05, 3.63) is 0 Å². The normalized spacial score (nSPS) is 28.9. The maximum atomic E-state index is 12.0. The molecule has 0 aromatic rings. The number of hydrogen-bond acceptors (Lipinski definition) is 4. The largest absolute Gasteiger partial charge is 0.468 e. The lowest BCUT2D eigenvalue weighted by Gasteiger charge is -2.38. The van der Waals surface area contributed by atoms with Crippen molar-refractivity contribution in [3.8, 4) is 0 Å². The number of likely N-dealkylation sites (N-methyl/N-ethyl adjacent to an activating group) is 1. The Morgan fingerprint density at radius 1 is 1.53 bits per heavy atom. The van der Waals surface area contributed by atoms with Gasteiger partial charge in [0.05, 0.1) is 13.2 Å². The lowest BCUT2D eigenvalue weighted by atomic mass is 9.80. The van der Waals surface area contributed by atoms with Gasteiger partial charge in [0, 0.05) is 13.0 Å². The van der Waals surface area contributed by atoms with E-state index in [2.05, 4.69) is 19.2 Å². The van der Waals surface area contributed by atoms with E-state index in [1.807, 2.05) is 7.05 Å². The molecule has 3 unspecified atom stereocenters. The van der Waals surface area contributed by atoms with Gasteiger partial charge in [-0.05, 0) is 38.6 Å². The number of esters is 1. The van der Waals surface area contributed by atoms with Gasteiger partial charge >= 0.3 is 5.97 Å². The minimum atomic E-state index is -0.550. The molecule has 0 radical (unpaired) electrons. The first kappa shape index (κ1) is 16.4. The van der Waals surface area contributed by atoms with Crippen molar-refractivity contribution in [2.75, 3.05) is 20.8 Å². The highest BCUT2D eigenvalue weighted by Gasteiger charge is 2.42. The van der Waals surface area contributed by atoms with Crippen molar-refractivity contribution >= 4 is 5.97 Å². The van der Waals surface area contributed by atoms with Crippen LogP contribution < -0.4 is 5.32 Å². The highest BCUT2D eigenvalue weighted by atomic mass is 16.5. The predicted octanol–water partition coefficient (Wildman–Crippen LogP) is 2.51. The molecule has 4 heteroatoms. The summed E-state index contributed by atoms with van der Waals surface area (Å²) >= 11 is 0. The zero-order valence-corrected chi connectivity index (χ0v) is 12.8. The smallest absolute Gasteiger partial charge is 0.326 e. The molecule has 0 bridgehead atoms. The molecule has 3 atom stereocenters. The first-order valence-electron chi connectivity index (χ1n) is 7.47. The molecule has 1 aliphatic carbocycles. The van der Waals surface area contributed by atoms with Crippen molar-refractivity contribution in [1.82, 2.24) is 5.32 Å². The third-order valence-corrected chi connectivity index (χ3v) is 4.16. The number of ether oxygens (including phenoxy) is 2. The Morgan fingerprint density at radius 3 is 2.84 bits per heavy atom. The lowest BCUT2D eigenvalue weighted by molar-refractivity contribution is -0.152. The molecule has 1 aliphatic rings. The van der Waals surface area contributed by atoms with Crippen LogP contribution in [0.15, 0.2) is 0 Å². The van der Waals surface area contributed by atoms with Gasteiger partial charge in [0.1, 0.15) is 5.54 Å². The van der Waals surface area contributed by atoms with Crippen molar-refractivity contribution in [3.63, 3.8) is 0 Å². The highest BCUT2D eigenvalue weighted by molar-refractivity contribution is 5.80. The summed E-state index contributed by atoms with van der Waals surface area (Å²) in [6, 6.07) is 0. The molecule has 19 heavy (non-hydrogen) atoms. The van der Waals surface area contributed by atoms with E-state index in [4.69, 9.17) is 9.47 Å². The summed E-state index contributed by atoms with van der Waals surface area (Å²) in [5, 5.41) is 3.16. The third-order valence-electron chi connectivity index (χ3n) is 4.16. The molecule has 0 amide bonds. The molecule has 0 aromatic carbocycles. The maximum Gasteiger partial charge on any atom is 0.326 e. The number of hydrogen-bond donors (Lipinski definition) is 1. The van der Waals surface area contributed by atoms with Crippen LogP contribution >= 0.6 is 0 Å². The predicted molar refractivity (Wildman–Crippen MR) is 76.1 cm³/mol. The fourth-order valence-electron chi connectivity index (χ4n) is 2.95. The van der Waals surface area contributed by atoms with Gasteiger partial charge in [-0.1, -0.05) is 20.3 Å². The minimum Gasteiger partial charge on any atom is -0.468 e.